The molecule has 0 spiro atoms. The van der Waals surface area contributed by atoms with Crippen LogP contribution in [0.4, 0.5) is 0 Å². The molecule has 0 N–H and O–H groups in total. The van der Waals surface area contributed by atoms with Crippen molar-refractivity contribution in [3.05, 3.63) is 0 Å². The Labute approximate surface area is 103 Å². The van der Waals surface area contributed by atoms with E-state index in [-0.39, 0.29) is 0 Å². The first-order valence-corrected chi connectivity index (χ1v) is 7.34. The number of methoxy groups -OCH3 is 1. The average Bonchev–Trinajstić information content (AvgIpc) is 2.31. The Balaban J connectivity index is 3.12. The van der Waals surface area contributed by atoms with Crippen molar-refractivity contribution in [1.29, 1.82) is 0 Å². The minimum Gasteiger partial charge on any atom is -0.384 e. The predicted molar refractivity (Wildman–Crippen MR) is 72.9 cm³/mol. The van der Waals surface area contributed by atoms with Crippen LogP contribution in [-0.2, 0) is 4.74 Å². The lowest BCUT2D eigenvalue weighted by Gasteiger charge is -2.12. The maximum Gasteiger partial charge on any atom is 0.0490 e. The summed E-state index contributed by atoms with van der Waals surface area (Å²) in [6, 6.07) is 0. The molecule has 0 aromatic heterocycles. The molecule has 1 heteroatoms. The molecule has 0 heterocycles. The Morgan fingerprint density at radius 1 is 0.812 bits per heavy atom. The lowest BCUT2D eigenvalue weighted by molar-refractivity contribution is 0.144. The van der Waals surface area contributed by atoms with Crippen LogP contribution in [0.5, 0.6) is 0 Å². The summed E-state index contributed by atoms with van der Waals surface area (Å²) in [6.07, 6.45) is 14.0. The van der Waals surface area contributed by atoms with Crippen LogP contribution >= 0.6 is 0 Å². The quantitative estimate of drug-likeness (QED) is 0.418. The lowest BCUT2D eigenvalue weighted by Crippen LogP contribution is -2.06. The molecule has 0 aliphatic carbocycles. The van der Waals surface area contributed by atoms with Gasteiger partial charge in [0.1, 0.15) is 0 Å². The van der Waals surface area contributed by atoms with Crippen LogP contribution in [0.15, 0.2) is 0 Å². The van der Waals surface area contributed by atoms with Crippen molar-refractivity contribution in [3.8, 4) is 0 Å². The van der Waals surface area contributed by atoms with E-state index in [9.17, 15) is 0 Å². The molecule has 0 amide bonds. The van der Waals surface area contributed by atoms with Crippen molar-refractivity contribution in [1.82, 2.24) is 0 Å². The standard InChI is InChI=1S/C15H32O/c1-4-6-7-8-9-10-11-12-13-15(5-2)14-16-3/h15H,4-14H2,1-3H3. The first kappa shape index (κ1) is 16.0. The van der Waals surface area contributed by atoms with Gasteiger partial charge in [-0.15, -0.1) is 0 Å². The van der Waals surface area contributed by atoms with Gasteiger partial charge in [0.25, 0.3) is 0 Å². The molecule has 1 nitrogen and oxygen atoms in total. The number of hydrogen-bond acceptors (Lipinski definition) is 1. The maximum absolute atomic E-state index is 5.22. The SMILES string of the molecule is CCCCCCCCCCC(CC)COC. The highest BCUT2D eigenvalue weighted by Gasteiger charge is 2.04. The second kappa shape index (κ2) is 13.0. The Morgan fingerprint density at radius 2 is 1.38 bits per heavy atom. The Kier molecular flexibility index (Phi) is 13.0. The molecule has 0 saturated carbocycles. The van der Waals surface area contributed by atoms with E-state index in [0.29, 0.717) is 0 Å². The Hall–Kier alpha value is -0.0400. The zero-order chi connectivity index (χ0) is 12.1. The fraction of sp³-hybridized carbons (Fsp3) is 1.00. The Morgan fingerprint density at radius 3 is 1.88 bits per heavy atom. The van der Waals surface area contributed by atoms with Gasteiger partial charge in [0.2, 0.25) is 0 Å². The van der Waals surface area contributed by atoms with Crippen LogP contribution in [-0.4, -0.2) is 13.7 Å². The second-order valence-electron chi connectivity index (χ2n) is 4.99. The molecule has 16 heavy (non-hydrogen) atoms. The molecule has 0 aromatic carbocycles. The average molecular weight is 228 g/mol. The molecule has 0 bridgehead atoms. The number of hydrogen-bond donors (Lipinski definition) is 0. The van der Waals surface area contributed by atoms with Gasteiger partial charge in [-0.2, -0.15) is 0 Å². The monoisotopic (exact) mass is 228 g/mol. The van der Waals surface area contributed by atoms with Gasteiger partial charge < -0.3 is 4.74 Å². The fourth-order valence-corrected chi connectivity index (χ4v) is 2.21. The van der Waals surface area contributed by atoms with Crippen LogP contribution in [0.2, 0.25) is 0 Å². The summed E-state index contributed by atoms with van der Waals surface area (Å²) in [6.45, 7) is 5.50. The highest BCUT2D eigenvalue weighted by atomic mass is 16.5. The van der Waals surface area contributed by atoms with Gasteiger partial charge in [-0.05, 0) is 12.3 Å². The third kappa shape index (κ3) is 10.5. The van der Waals surface area contributed by atoms with Gasteiger partial charge in [-0.3, -0.25) is 0 Å². The third-order valence-corrected chi connectivity index (χ3v) is 3.45. The highest BCUT2D eigenvalue weighted by molar-refractivity contribution is 4.56. The maximum atomic E-state index is 5.22. The van der Waals surface area contributed by atoms with Gasteiger partial charge >= 0.3 is 0 Å². The van der Waals surface area contributed by atoms with E-state index in [4.69, 9.17) is 4.74 Å². The Bertz CT molecular complexity index is 123. The van der Waals surface area contributed by atoms with Crippen molar-refractivity contribution in [3.63, 3.8) is 0 Å². The molecule has 0 aliphatic heterocycles. The van der Waals surface area contributed by atoms with Gasteiger partial charge in [0.15, 0.2) is 0 Å². The summed E-state index contributed by atoms with van der Waals surface area (Å²) in [7, 11) is 1.82. The van der Waals surface area contributed by atoms with Crippen molar-refractivity contribution in [2.75, 3.05) is 13.7 Å². The van der Waals surface area contributed by atoms with Crippen molar-refractivity contribution < 1.29 is 4.74 Å². The summed E-state index contributed by atoms with van der Waals surface area (Å²) in [5.41, 5.74) is 0. The van der Waals surface area contributed by atoms with E-state index in [0.717, 1.165) is 12.5 Å². The van der Waals surface area contributed by atoms with Gasteiger partial charge in [-0.1, -0.05) is 71.6 Å². The summed E-state index contributed by atoms with van der Waals surface area (Å²) in [5.74, 6) is 0.796. The number of ether oxygens (including phenoxy) is 1. The summed E-state index contributed by atoms with van der Waals surface area (Å²) in [4.78, 5) is 0. The van der Waals surface area contributed by atoms with Crippen LogP contribution in [0.1, 0.15) is 78.1 Å². The molecule has 98 valence electrons. The zero-order valence-electron chi connectivity index (χ0n) is 11.8. The predicted octanol–water partition coefficient (Wildman–Crippen LogP) is 5.19. The van der Waals surface area contributed by atoms with Crippen LogP contribution in [0.25, 0.3) is 0 Å². The summed E-state index contributed by atoms with van der Waals surface area (Å²) >= 11 is 0. The minimum absolute atomic E-state index is 0.796. The third-order valence-electron chi connectivity index (χ3n) is 3.45. The number of rotatable bonds is 12. The van der Waals surface area contributed by atoms with Crippen LogP contribution in [0, 0.1) is 5.92 Å². The van der Waals surface area contributed by atoms with Gasteiger partial charge in [-0.25, -0.2) is 0 Å². The summed E-state index contributed by atoms with van der Waals surface area (Å²) in [5, 5.41) is 0. The minimum atomic E-state index is 0.796. The van der Waals surface area contributed by atoms with E-state index in [1.54, 1.807) is 0 Å². The molecule has 0 fully saturated rings. The van der Waals surface area contributed by atoms with Crippen molar-refractivity contribution in [2.45, 2.75) is 78.1 Å². The number of unbranched alkanes of at least 4 members (excludes halogenated alkanes) is 7. The topological polar surface area (TPSA) is 9.23 Å². The van der Waals surface area contributed by atoms with E-state index in [1.165, 1.54) is 64.2 Å². The molecule has 0 aliphatic rings. The molecule has 1 unspecified atom stereocenters. The van der Waals surface area contributed by atoms with E-state index in [2.05, 4.69) is 13.8 Å². The fourth-order valence-electron chi connectivity index (χ4n) is 2.21. The molecule has 0 radical (unpaired) electrons. The van der Waals surface area contributed by atoms with Crippen molar-refractivity contribution in [2.24, 2.45) is 5.92 Å². The van der Waals surface area contributed by atoms with Crippen LogP contribution in [0.3, 0.4) is 0 Å². The van der Waals surface area contributed by atoms with Gasteiger partial charge in [0.05, 0.1) is 0 Å². The molecular formula is C15H32O. The first-order valence-electron chi connectivity index (χ1n) is 7.34. The smallest absolute Gasteiger partial charge is 0.0490 e. The zero-order valence-corrected chi connectivity index (χ0v) is 11.8. The van der Waals surface area contributed by atoms with E-state index in [1.807, 2.05) is 7.11 Å². The largest absolute Gasteiger partial charge is 0.384 e. The molecular weight excluding hydrogens is 196 g/mol. The molecule has 0 saturated heterocycles. The lowest BCUT2D eigenvalue weighted by atomic mass is 9.98. The first-order chi connectivity index (χ1) is 7.85. The van der Waals surface area contributed by atoms with Crippen LogP contribution < -0.4 is 0 Å². The van der Waals surface area contributed by atoms with E-state index >= 15 is 0 Å². The molecule has 0 aromatic rings. The van der Waals surface area contributed by atoms with Gasteiger partial charge in [0, 0.05) is 13.7 Å². The normalized spacial score (nSPS) is 12.9. The summed E-state index contributed by atoms with van der Waals surface area (Å²) < 4.78 is 5.22. The molecule has 1 atom stereocenters. The van der Waals surface area contributed by atoms with E-state index < -0.39 is 0 Å². The van der Waals surface area contributed by atoms with Crippen molar-refractivity contribution >= 4 is 0 Å². The highest BCUT2D eigenvalue weighted by Crippen LogP contribution is 2.15. The second-order valence-corrected chi connectivity index (χ2v) is 4.99. The molecule has 0 rings (SSSR count).